The van der Waals surface area contributed by atoms with Crippen molar-refractivity contribution in [3.63, 3.8) is 0 Å². The molecule has 0 aliphatic rings. The molecule has 0 bridgehead atoms. The molecule has 4 rings (SSSR count). The lowest BCUT2D eigenvalue weighted by Crippen LogP contribution is -2.17. The average molecular weight is 521 g/mol. The van der Waals surface area contributed by atoms with Crippen LogP contribution in [0.15, 0.2) is 41.4 Å². The van der Waals surface area contributed by atoms with Crippen molar-refractivity contribution in [2.75, 3.05) is 5.32 Å². The summed E-state index contributed by atoms with van der Waals surface area (Å²) >= 11 is 3.26. The zero-order valence-electron chi connectivity index (χ0n) is 15.8. The molecule has 0 spiro atoms. The predicted octanol–water partition coefficient (Wildman–Crippen LogP) is 4.68. The Balaban J connectivity index is 1.74. The van der Waals surface area contributed by atoms with Crippen LogP contribution in [0.3, 0.4) is 0 Å². The van der Waals surface area contributed by atoms with Gasteiger partial charge in [-0.15, -0.1) is 10.2 Å². The van der Waals surface area contributed by atoms with Crippen molar-refractivity contribution in [1.82, 2.24) is 34.3 Å². The van der Waals surface area contributed by atoms with Crippen LogP contribution in [-0.2, 0) is 12.4 Å². The predicted molar refractivity (Wildman–Crippen MR) is 102 cm³/mol. The smallest absolute Gasteiger partial charge is 0.344 e. The Morgan fingerprint density at radius 2 is 1.78 bits per heavy atom. The van der Waals surface area contributed by atoms with E-state index in [-0.39, 0.29) is 12.0 Å². The molecule has 0 saturated heterocycles. The van der Waals surface area contributed by atoms with Crippen molar-refractivity contribution >= 4 is 27.5 Å². The molecule has 168 valence electrons. The number of fused-ring (bicyclic) bond motifs is 1. The third kappa shape index (κ3) is 4.11. The molecule has 1 atom stereocenters. The molecule has 0 saturated carbocycles. The molecular weight excluding hydrogens is 510 g/mol. The number of halogens is 7. The highest BCUT2D eigenvalue weighted by atomic mass is 79.9. The number of hydrogen-bond acceptors (Lipinski definition) is 6. The average Bonchev–Trinajstić information content (AvgIpc) is 3.34. The van der Waals surface area contributed by atoms with E-state index >= 15 is 0 Å². The summed E-state index contributed by atoms with van der Waals surface area (Å²) in [5.41, 5.74) is -3.81. The fraction of sp³-hybridized carbons (Fsp3) is 0.235. The third-order valence-electron chi connectivity index (χ3n) is 4.37. The van der Waals surface area contributed by atoms with Crippen LogP contribution in [0.1, 0.15) is 29.9 Å². The number of rotatable bonds is 4. The molecule has 0 radical (unpaired) electrons. The summed E-state index contributed by atoms with van der Waals surface area (Å²) in [5, 5.41) is 13.9. The highest BCUT2D eigenvalue weighted by Crippen LogP contribution is 2.38. The molecule has 4 aromatic rings. The summed E-state index contributed by atoms with van der Waals surface area (Å²) in [6.07, 6.45) is -6.80. The molecule has 1 unspecified atom stereocenters. The normalized spacial score (nSPS) is 13.5. The Morgan fingerprint density at radius 3 is 2.41 bits per heavy atom. The number of aromatic nitrogens is 7. The highest BCUT2D eigenvalue weighted by Gasteiger charge is 2.39. The summed E-state index contributed by atoms with van der Waals surface area (Å²) in [5.74, 6) is 0.362. The van der Waals surface area contributed by atoms with Crippen molar-refractivity contribution < 1.29 is 26.3 Å². The highest BCUT2D eigenvalue weighted by molar-refractivity contribution is 9.10. The summed E-state index contributed by atoms with van der Waals surface area (Å²) < 4.78 is 82.4. The number of pyridine rings is 2. The molecule has 0 aromatic carbocycles. The fourth-order valence-electron chi connectivity index (χ4n) is 2.93. The van der Waals surface area contributed by atoms with Crippen LogP contribution >= 0.6 is 15.9 Å². The Kier molecular flexibility index (Phi) is 5.30. The molecule has 4 heterocycles. The van der Waals surface area contributed by atoms with E-state index in [2.05, 4.69) is 46.5 Å². The maximum absolute atomic E-state index is 13.3. The molecule has 0 amide bonds. The van der Waals surface area contributed by atoms with E-state index < -0.39 is 35.2 Å². The van der Waals surface area contributed by atoms with Crippen molar-refractivity contribution in [3.8, 4) is 5.82 Å². The molecule has 0 aliphatic carbocycles. The fourth-order valence-corrected chi connectivity index (χ4v) is 3.16. The number of hydrogen-bond donors (Lipinski definition) is 1. The zero-order valence-corrected chi connectivity index (χ0v) is 17.4. The van der Waals surface area contributed by atoms with Crippen LogP contribution < -0.4 is 5.32 Å². The van der Waals surface area contributed by atoms with Crippen LogP contribution in [0, 0.1) is 0 Å². The van der Waals surface area contributed by atoms with Gasteiger partial charge in [0.05, 0.1) is 11.6 Å². The minimum absolute atomic E-state index is 0.00700. The van der Waals surface area contributed by atoms with Gasteiger partial charge >= 0.3 is 12.4 Å². The lowest BCUT2D eigenvalue weighted by atomic mass is 10.2. The van der Waals surface area contributed by atoms with Gasteiger partial charge in [0, 0.05) is 16.9 Å². The molecule has 0 aliphatic heterocycles. The van der Waals surface area contributed by atoms with Gasteiger partial charge in [0.15, 0.2) is 17.3 Å². The number of alkyl halides is 6. The summed E-state index contributed by atoms with van der Waals surface area (Å²) in [7, 11) is 0. The Hall–Kier alpha value is -3.23. The monoisotopic (exact) mass is 520 g/mol. The minimum Gasteiger partial charge on any atom is -0.344 e. The Morgan fingerprint density at radius 1 is 1.03 bits per heavy atom. The second-order valence-electron chi connectivity index (χ2n) is 6.59. The number of anilines is 1. The number of nitrogens with one attached hydrogen (secondary N) is 1. The quantitative estimate of drug-likeness (QED) is 0.393. The number of nitrogens with zero attached hydrogens (tertiary/aromatic N) is 7. The van der Waals surface area contributed by atoms with Crippen molar-refractivity contribution in [2.24, 2.45) is 0 Å². The van der Waals surface area contributed by atoms with Gasteiger partial charge in [-0.05, 0) is 41.1 Å². The van der Waals surface area contributed by atoms with Crippen LogP contribution in [0.25, 0.3) is 11.5 Å². The molecule has 15 heteroatoms. The van der Waals surface area contributed by atoms with E-state index in [1.165, 1.54) is 17.2 Å². The van der Waals surface area contributed by atoms with Crippen LogP contribution in [0.5, 0.6) is 0 Å². The first-order valence-corrected chi connectivity index (χ1v) is 9.56. The lowest BCUT2D eigenvalue weighted by molar-refractivity contribution is -0.142. The first-order chi connectivity index (χ1) is 14.9. The van der Waals surface area contributed by atoms with E-state index in [1.54, 1.807) is 19.1 Å². The standard InChI is InChI=1S/C17H11BrF6N8/c1-8(13-26-7-27-32(13)12-3-2-10(18)5-25-12)28-15-30-29-14-11(17(22,23)24)4-9(6-31(14)15)16(19,20)21/h2-8H,1H3,(H,28,30). The molecule has 1 N–H and O–H groups in total. The second-order valence-corrected chi connectivity index (χ2v) is 7.50. The first kappa shape index (κ1) is 22.0. The molecule has 32 heavy (non-hydrogen) atoms. The van der Waals surface area contributed by atoms with E-state index in [9.17, 15) is 26.3 Å². The van der Waals surface area contributed by atoms with Crippen molar-refractivity contribution in [1.29, 1.82) is 0 Å². The van der Waals surface area contributed by atoms with E-state index in [1.807, 2.05) is 0 Å². The summed E-state index contributed by atoms with van der Waals surface area (Å²) in [4.78, 5) is 8.30. The minimum atomic E-state index is -5.06. The van der Waals surface area contributed by atoms with Gasteiger partial charge in [0.1, 0.15) is 11.9 Å². The van der Waals surface area contributed by atoms with Gasteiger partial charge in [-0.2, -0.15) is 36.1 Å². The zero-order chi connectivity index (χ0) is 23.3. The van der Waals surface area contributed by atoms with E-state index in [0.717, 1.165) is 4.47 Å². The first-order valence-electron chi connectivity index (χ1n) is 8.76. The van der Waals surface area contributed by atoms with Crippen LogP contribution in [-0.4, -0.2) is 34.3 Å². The van der Waals surface area contributed by atoms with Gasteiger partial charge in [-0.1, -0.05) is 0 Å². The van der Waals surface area contributed by atoms with Gasteiger partial charge in [-0.25, -0.2) is 9.97 Å². The lowest BCUT2D eigenvalue weighted by Gasteiger charge is -2.16. The summed E-state index contributed by atoms with van der Waals surface area (Å²) in [6.45, 7) is 1.58. The van der Waals surface area contributed by atoms with Crippen LogP contribution in [0.2, 0.25) is 0 Å². The molecule has 8 nitrogen and oxygen atoms in total. The van der Waals surface area contributed by atoms with Crippen molar-refractivity contribution in [3.05, 3.63) is 58.3 Å². The topological polar surface area (TPSA) is 85.8 Å². The Bertz CT molecular complexity index is 1260. The molecule has 4 aromatic heterocycles. The molecular formula is C17H11BrF6N8. The third-order valence-corrected chi connectivity index (χ3v) is 4.84. The maximum atomic E-state index is 13.3. The van der Waals surface area contributed by atoms with Gasteiger partial charge < -0.3 is 5.32 Å². The maximum Gasteiger partial charge on any atom is 0.420 e. The van der Waals surface area contributed by atoms with E-state index in [4.69, 9.17) is 0 Å². The van der Waals surface area contributed by atoms with Crippen molar-refractivity contribution in [2.45, 2.75) is 25.3 Å². The Labute approximate surface area is 183 Å². The second kappa shape index (κ2) is 7.72. The van der Waals surface area contributed by atoms with Gasteiger partial charge in [0.25, 0.3) is 0 Å². The SMILES string of the molecule is CC(Nc1nnc2c(C(F)(F)F)cc(C(F)(F)F)cn12)c1ncnn1-c1ccc(Br)cn1. The van der Waals surface area contributed by atoms with Gasteiger partial charge in [0.2, 0.25) is 5.95 Å². The van der Waals surface area contributed by atoms with Gasteiger partial charge in [-0.3, -0.25) is 4.40 Å². The summed E-state index contributed by atoms with van der Waals surface area (Å²) in [6, 6.07) is 2.63. The molecule has 0 fully saturated rings. The van der Waals surface area contributed by atoms with Crippen LogP contribution in [0.4, 0.5) is 32.3 Å². The largest absolute Gasteiger partial charge is 0.420 e. The van der Waals surface area contributed by atoms with E-state index in [0.29, 0.717) is 22.2 Å².